The molecule has 9 atom stereocenters. The number of rotatable bonds is 32. The first-order valence-electron chi connectivity index (χ1n) is 30.3. The van der Waals surface area contributed by atoms with E-state index >= 15 is 0 Å². The van der Waals surface area contributed by atoms with Gasteiger partial charge in [-0.3, -0.25) is 72.5 Å². The smallest absolute Gasteiger partial charge is 0.308 e. The van der Waals surface area contributed by atoms with Gasteiger partial charge in [-0.05, 0) is 106 Å². The van der Waals surface area contributed by atoms with Gasteiger partial charge in [0.1, 0.15) is 48.0 Å². The Bertz CT molecular complexity index is 3220. The monoisotopic (exact) mass is 1250 g/mol. The number of aliphatic imine (C=N–C) groups is 1. The quantitative estimate of drug-likeness (QED) is 0.00892. The zero-order valence-electron chi connectivity index (χ0n) is 51.7. The number of guanidine groups is 1. The molecule has 2 fully saturated rings. The summed E-state index contributed by atoms with van der Waals surface area (Å²) in [6.07, 6.45) is 6.11. The minimum absolute atomic E-state index is 0.0116. The van der Waals surface area contributed by atoms with Crippen molar-refractivity contribution in [2.24, 2.45) is 34.0 Å². The lowest BCUT2D eigenvalue weighted by Crippen LogP contribution is -2.60. The Balaban J connectivity index is 1.19. The number of likely N-dealkylation sites (N-methyl/N-ethyl adjacent to an activating group) is 1. The predicted molar refractivity (Wildman–Crippen MR) is 330 cm³/mol. The average molecular weight is 1250 g/mol. The van der Waals surface area contributed by atoms with Gasteiger partial charge in [0.2, 0.25) is 53.2 Å². The van der Waals surface area contributed by atoms with Gasteiger partial charge in [-0.2, -0.15) is 0 Å². The number of hydrogen-bond donors (Lipinski definition) is 13. The number of aromatic nitrogens is 3. The summed E-state index contributed by atoms with van der Waals surface area (Å²) in [4.78, 5) is 163. The van der Waals surface area contributed by atoms with E-state index in [1.165, 1.54) is 42.3 Å². The predicted octanol–water partition coefficient (Wildman–Crippen LogP) is -1.26. The minimum Gasteiger partial charge on any atom is -0.427 e. The number of H-pyrrole nitrogens is 1. The number of para-hydroxylation sites is 1. The number of nitrogens with one attached hydrogen (secondary N) is 9. The van der Waals surface area contributed by atoms with Crippen LogP contribution in [-0.4, -0.2) is 176 Å². The molecule has 0 radical (unpaired) electrons. The number of ether oxygens (including phenoxy) is 1. The molecule has 2 aromatic carbocycles. The maximum absolute atomic E-state index is 14.7. The van der Waals surface area contributed by atoms with Gasteiger partial charge in [-0.25, -0.2) is 4.98 Å². The van der Waals surface area contributed by atoms with E-state index in [1.807, 2.05) is 25.7 Å². The largest absolute Gasteiger partial charge is 0.427 e. The molecule has 4 aromatic rings. The van der Waals surface area contributed by atoms with Crippen LogP contribution in [0.25, 0.3) is 10.9 Å². The molecule has 16 N–H and O–H groups in total. The summed E-state index contributed by atoms with van der Waals surface area (Å²) in [5.41, 5.74) is 19.4. The first-order valence-corrected chi connectivity index (χ1v) is 30.3. The van der Waals surface area contributed by atoms with Crippen LogP contribution in [0.3, 0.4) is 0 Å². The number of carbonyl (C=O) groups is 11. The van der Waals surface area contributed by atoms with E-state index in [9.17, 15) is 57.8 Å². The number of aliphatic hydroxyl groups is 1. The summed E-state index contributed by atoms with van der Waals surface area (Å²) in [5.74, 6) is -7.97. The van der Waals surface area contributed by atoms with Crippen molar-refractivity contribution in [2.75, 3.05) is 26.2 Å². The van der Waals surface area contributed by atoms with Gasteiger partial charge >= 0.3 is 5.97 Å². The molecule has 2 aliphatic heterocycles. The van der Waals surface area contributed by atoms with Crippen LogP contribution >= 0.6 is 0 Å². The van der Waals surface area contributed by atoms with E-state index in [2.05, 4.69) is 57.5 Å². The lowest BCUT2D eigenvalue weighted by atomic mass is 9.98. The van der Waals surface area contributed by atoms with Crippen molar-refractivity contribution in [1.29, 1.82) is 0 Å². The molecule has 2 saturated heterocycles. The number of nitrogens with zero attached hydrogens (tertiary/aromatic N) is 4. The highest BCUT2D eigenvalue weighted by Gasteiger charge is 2.37. The first-order chi connectivity index (χ1) is 42.8. The molecular weight excluding hydrogens is 1160 g/mol. The Kier molecular flexibility index (Phi) is 26.0. The summed E-state index contributed by atoms with van der Waals surface area (Å²) in [6, 6.07) is 1.89. The van der Waals surface area contributed by atoms with Crippen molar-refractivity contribution in [3.05, 3.63) is 84.1 Å². The highest BCUT2D eigenvalue weighted by Crippen LogP contribution is 2.25. The number of hydrogen-bond acceptors (Lipinski definition) is 17. The number of nitrogens with two attached hydrogens (primary N) is 3. The molecule has 2 aromatic heterocycles. The molecule has 29 heteroatoms. The number of aliphatic hydroxyl groups excluding tert-OH is 1. The van der Waals surface area contributed by atoms with E-state index < -0.39 is 120 Å². The summed E-state index contributed by atoms with van der Waals surface area (Å²) in [6.45, 7) is 10.8. The van der Waals surface area contributed by atoms with Gasteiger partial charge in [-0.15, -0.1) is 0 Å². The fraction of sp³-hybridized carbons (Fsp3) is 0.525. The SMILES string of the molecule is CCN1CCC[C@H]1C(=O)NC(=O)[C@H](CCCN=C(N)N)NC(=O)[C@H](CC(C)C)NC(=O)[C@@H](CC(C)C)NC(=O)[C@H](Cc1ccc(OC(C)=O)cc1)NC(=O)[C@H](CO)NC(=O)[C@@H](N)Cc1cn(C(=O)[C@H](Cc2cnc[nH]2)NC(=O)[C@@H]2CCC(=O)N2)c2ccccc12. The van der Waals surface area contributed by atoms with E-state index in [1.54, 1.807) is 50.2 Å². The van der Waals surface area contributed by atoms with Crippen LogP contribution in [0.1, 0.15) is 115 Å². The van der Waals surface area contributed by atoms with Crippen molar-refractivity contribution >= 4 is 81.9 Å². The molecule has 9 amide bonds. The van der Waals surface area contributed by atoms with Gasteiger partial charge in [0.05, 0.1) is 30.5 Å². The highest BCUT2D eigenvalue weighted by molar-refractivity contribution is 6.03. The molecule has 2 aliphatic rings. The van der Waals surface area contributed by atoms with E-state index in [0.717, 1.165) is 6.42 Å². The molecule has 90 heavy (non-hydrogen) atoms. The Morgan fingerprint density at radius 1 is 0.744 bits per heavy atom. The van der Waals surface area contributed by atoms with Crippen LogP contribution in [0.4, 0.5) is 0 Å². The molecule has 29 nitrogen and oxygen atoms in total. The fourth-order valence-corrected chi connectivity index (χ4v) is 10.8. The van der Waals surface area contributed by atoms with Gasteiger partial charge in [0.25, 0.3) is 5.91 Å². The zero-order chi connectivity index (χ0) is 65.8. The number of aromatic amines is 1. The number of imide groups is 1. The molecule has 6 rings (SSSR count). The third-order valence-electron chi connectivity index (χ3n) is 15.4. The summed E-state index contributed by atoms with van der Waals surface area (Å²) in [5, 5.41) is 32.3. The first kappa shape index (κ1) is 70.0. The number of esters is 1. The van der Waals surface area contributed by atoms with Crippen LogP contribution < -0.4 is 64.5 Å². The number of amides is 9. The number of benzene rings is 2. The Labute approximate surface area is 521 Å². The van der Waals surface area contributed by atoms with Gasteiger partial charge in [0, 0.05) is 56.2 Å². The van der Waals surface area contributed by atoms with Crippen LogP contribution in [0.5, 0.6) is 5.75 Å². The maximum atomic E-state index is 14.7. The molecule has 0 saturated carbocycles. The maximum Gasteiger partial charge on any atom is 0.308 e. The Hall–Kier alpha value is -9.09. The van der Waals surface area contributed by atoms with Crippen LogP contribution in [0, 0.1) is 11.8 Å². The third kappa shape index (κ3) is 20.5. The number of imidazole rings is 1. The lowest BCUT2D eigenvalue weighted by molar-refractivity contribution is -0.137. The van der Waals surface area contributed by atoms with Crippen molar-refractivity contribution in [1.82, 2.24) is 62.0 Å². The van der Waals surface area contributed by atoms with E-state index in [-0.39, 0.29) is 93.8 Å². The van der Waals surface area contributed by atoms with Crippen LogP contribution in [0.2, 0.25) is 0 Å². The molecule has 0 spiro atoms. The fourth-order valence-electron chi connectivity index (χ4n) is 10.8. The molecular formula is C61H86N16O13. The summed E-state index contributed by atoms with van der Waals surface area (Å²) >= 11 is 0. The number of likely N-dealkylation sites (tertiary alicyclic amines) is 1. The molecule has 0 bridgehead atoms. The highest BCUT2D eigenvalue weighted by atomic mass is 16.5. The second-order valence-electron chi connectivity index (χ2n) is 23.5. The minimum atomic E-state index is -1.70. The third-order valence-corrected chi connectivity index (χ3v) is 15.4. The Morgan fingerprint density at radius 3 is 1.96 bits per heavy atom. The standard InChI is InChI=1S/C61H86N16O13/c1-7-76-23-11-15-50(76)59(88)75-54(83)42(13-10-22-66-61(63)64)69-55(84)44(24-33(2)3)70-56(85)45(25-34(4)5)71-57(86)46(26-36-16-18-39(19-17-36)90-35(6)79)72-58(87)48(31-78)74-52(81)41(62)27-37-30-77(49-14-9-8-12-40(37)49)60(89)47(28-38-29-65-32-67-38)73-53(82)43-20-21-51(80)68-43/h8-9,12,14,16-19,29-30,32-34,41-48,50,78H,7,10-11,13,15,20-28,31,62H2,1-6H3,(H,65,67)(H,68,80)(H,69,84)(H,70,85)(H,71,86)(H,72,87)(H,73,82)(H,74,81)(H4,63,64,66)(H,75,83,88)/t41-,42-,43-,44-,45+,46-,47-,48-,50-/m0/s1. The van der Waals surface area contributed by atoms with Crippen LogP contribution in [-0.2, 0) is 67.2 Å². The Morgan fingerprint density at radius 2 is 1.37 bits per heavy atom. The number of carbonyl (C=O) groups excluding carboxylic acids is 11. The van der Waals surface area contributed by atoms with Crippen molar-refractivity contribution in [3.63, 3.8) is 0 Å². The number of fused-ring (bicyclic) bond motifs is 1. The van der Waals surface area contributed by atoms with Gasteiger partial charge < -0.3 is 69.2 Å². The average Bonchev–Trinajstić information content (AvgIpc) is 1.71. The summed E-state index contributed by atoms with van der Waals surface area (Å²) < 4.78 is 6.51. The van der Waals surface area contributed by atoms with Gasteiger partial charge in [0.15, 0.2) is 5.96 Å². The van der Waals surface area contributed by atoms with Crippen molar-refractivity contribution < 1.29 is 62.6 Å². The zero-order valence-corrected chi connectivity index (χ0v) is 51.7. The van der Waals surface area contributed by atoms with Crippen molar-refractivity contribution in [2.45, 2.75) is 167 Å². The lowest BCUT2D eigenvalue weighted by Gasteiger charge is -2.28. The molecule has 4 heterocycles. The topological polar surface area (TPSA) is 441 Å². The molecule has 488 valence electrons. The molecule has 0 unspecified atom stereocenters. The van der Waals surface area contributed by atoms with E-state index in [4.69, 9.17) is 21.9 Å². The van der Waals surface area contributed by atoms with E-state index in [0.29, 0.717) is 47.2 Å². The van der Waals surface area contributed by atoms with Gasteiger partial charge in [-0.1, -0.05) is 65.0 Å². The van der Waals surface area contributed by atoms with Crippen molar-refractivity contribution in [3.8, 4) is 5.75 Å². The summed E-state index contributed by atoms with van der Waals surface area (Å²) in [7, 11) is 0. The van der Waals surface area contributed by atoms with Crippen LogP contribution in [0.15, 0.2) is 72.2 Å². The second-order valence-corrected chi connectivity index (χ2v) is 23.5. The second kappa shape index (κ2) is 33.5. The normalized spacial score (nSPS) is 17.2. The molecule has 0 aliphatic carbocycles.